The van der Waals surface area contributed by atoms with E-state index >= 15 is 0 Å². The first-order valence-corrected chi connectivity index (χ1v) is 13.9. The van der Waals surface area contributed by atoms with Crippen LogP contribution in [0.5, 0.6) is 5.75 Å². The molecule has 0 saturated carbocycles. The predicted molar refractivity (Wildman–Crippen MR) is 152 cm³/mol. The fourth-order valence-electron chi connectivity index (χ4n) is 3.98. The Labute approximate surface area is 229 Å². The molecule has 0 fully saturated rings. The number of amidine groups is 1. The van der Waals surface area contributed by atoms with Gasteiger partial charge in [0.05, 0.1) is 23.1 Å². The summed E-state index contributed by atoms with van der Waals surface area (Å²) in [5.74, 6) is 0.960. The predicted octanol–water partition coefficient (Wildman–Crippen LogP) is 9.12. The average Bonchev–Trinajstić information content (AvgIpc) is 3.21. The summed E-state index contributed by atoms with van der Waals surface area (Å²) in [6.07, 6.45) is 14.8. The van der Waals surface area contributed by atoms with E-state index in [0.29, 0.717) is 16.5 Å². The van der Waals surface area contributed by atoms with Crippen molar-refractivity contribution in [2.75, 3.05) is 11.6 Å². The first kappa shape index (κ1) is 28.5. The minimum absolute atomic E-state index is 0.0613. The molecule has 1 aliphatic rings. The molecule has 2 aromatic rings. The Balaban J connectivity index is 1.39. The number of aliphatic imine (C=N–C) groups is 1. The number of carbonyl (C=O) groups is 1. The maximum Gasteiger partial charge on any atom is 0.255 e. The molecular formula is C28H34Cl3N3O2. The van der Waals surface area contributed by atoms with Crippen LogP contribution in [0.3, 0.4) is 0 Å². The zero-order valence-corrected chi connectivity index (χ0v) is 23.1. The highest BCUT2D eigenvalue weighted by atomic mass is 35.5. The minimum Gasteiger partial charge on any atom is -0.494 e. The second-order valence-corrected chi connectivity index (χ2v) is 10.2. The molecular weight excluding hydrogens is 517 g/mol. The lowest BCUT2D eigenvalue weighted by Crippen LogP contribution is -2.20. The van der Waals surface area contributed by atoms with Gasteiger partial charge >= 0.3 is 0 Å². The van der Waals surface area contributed by atoms with E-state index < -0.39 is 0 Å². The van der Waals surface area contributed by atoms with E-state index in [2.05, 4.69) is 17.0 Å². The average molecular weight is 551 g/mol. The molecule has 0 bridgehead atoms. The number of anilines is 1. The van der Waals surface area contributed by atoms with Crippen molar-refractivity contribution < 1.29 is 9.53 Å². The molecule has 0 saturated heterocycles. The third kappa shape index (κ3) is 9.10. The Morgan fingerprint density at radius 2 is 1.50 bits per heavy atom. The molecule has 3 rings (SSSR count). The molecule has 0 N–H and O–H groups in total. The van der Waals surface area contributed by atoms with E-state index in [1.807, 2.05) is 24.3 Å². The summed E-state index contributed by atoms with van der Waals surface area (Å²) < 4.78 is 5.86. The molecule has 0 spiro atoms. The Hall–Kier alpha value is -2.08. The molecule has 0 atom stereocenters. The summed E-state index contributed by atoms with van der Waals surface area (Å²) in [4.78, 5) is 16.8. The largest absolute Gasteiger partial charge is 0.494 e. The first-order chi connectivity index (χ1) is 17.5. The third-order valence-electron chi connectivity index (χ3n) is 5.96. The van der Waals surface area contributed by atoms with E-state index in [1.54, 1.807) is 6.21 Å². The lowest BCUT2D eigenvalue weighted by molar-refractivity contribution is -0.116. The van der Waals surface area contributed by atoms with Crippen LogP contribution in [0.25, 0.3) is 0 Å². The molecule has 194 valence electrons. The molecule has 1 heterocycles. The van der Waals surface area contributed by atoms with Crippen molar-refractivity contribution in [3.63, 3.8) is 0 Å². The molecule has 0 unspecified atom stereocenters. The van der Waals surface area contributed by atoms with Gasteiger partial charge in [0.25, 0.3) is 5.91 Å². The van der Waals surface area contributed by atoms with Crippen LogP contribution in [0.1, 0.15) is 83.1 Å². The number of carbonyl (C=O) groups excluding carboxylic acids is 1. The van der Waals surface area contributed by atoms with Crippen LogP contribution in [0.2, 0.25) is 15.1 Å². The van der Waals surface area contributed by atoms with E-state index in [9.17, 15) is 4.79 Å². The molecule has 36 heavy (non-hydrogen) atoms. The SMILES string of the molecule is CCCCCCCCCCCCOc1ccc(C=NC2=NN(c3c(Cl)cc(Cl)cc3Cl)C(=O)C2)cc1. The molecule has 0 radical (unpaired) electrons. The highest BCUT2D eigenvalue weighted by molar-refractivity contribution is 6.42. The lowest BCUT2D eigenvalue weighted by Gasteiger charge is -2.15. The fraction of sp³-hybridized carbons (Fsp3) is 0.464. The zero-order valence-electron chi connectivity index (χ0n) is 20.8. The van der Waals surface area contributed by atoms with Crippen molar-refractivity contribution >= 4 is 58.4 Å². The Kier molecular flexibility index (Phi) is 12.1. The standard InChI is InChI=1S/C28H34Cl3N3O2/c1-2-3-4-5-6-7-8-9-10-11-16-36-23-14-12-21(13-15-23)20-32-26-19-27(35)34(33-26)28-24(30)17-22(29)18-25(28)31/h12-15,17-18,20H,2-11,16,19H2,1H3. The Bertz CT molecular complexity index is 1030. The van der Waals surface area contributed by atoms with Gasteiger partial charge in [0.15, 0.2) is 5.84 Å². The van der Waals surface area contributed by atoms with Gasteiger partial charge in [-0.2, -0.15) is 5.01 Å². The van der Waals surface area contributed by atoms with Crippen LogP contribution in [0.4, 0.5) is 5.69 Å². The van der Waals surface area contributed by atoms with Crippen molar-refractivity contribution in [2.45, 2.75) is 77.6 Å². The molecule has 5 nitrogen and oxygen atoms in total. The van der Waals surface area contributed by atoms with E-state index in [-0.39, 0.29) is 22.4 Å². The van der Waals surface area contributed by atoms with Gasteiger partial charge in [-0.3, -0.25) is 4.79 Å². The number of ether oxygens (including phenoxy) is 1. The van der Waals surface area contributed by atoms with Crippen molar-refractivity contribution in [1.29, 1.82) is 0 Å². The quantitative estimate of drug-likeness (QED) is 0.174. The van der Waals surface area contributed by atoms with Crippen LogP contribution < -0.4 is 9.75 Å². The smallest absolute Gasteiger partial charge is 0.255 e. The monoisotopic (exact) mass is 549 g/mol. The third-order valence-corrected chi connectivity index (χ3v) is 6.76. The van der Waals surface area contributed by atoms with E-state index in [4.69, 9.17) is 39.5 Å². The molecule has 0 aromatic heterocycles. The van der Waals surface area contributed by atoms with E-state index in [0.717, 1.165) is 24.3 Å². The summed E-state index contributed by atoms with van der Waals surface area (Å²) in [7, 11) is 0. The van der Waals surface area contributed by atoms with Gasteiger partial charge in [-0.15, -0.1) is 5.10 Å². The van der Waals surface area contributed by atoms with Crippen molar-refractivity contribution in [3.05, 3.63) is 57.0 Å². The van der Waals surface area contributed by atoms with Crippen molar-refractivity contribution in [2.24, 2.45) is 10.1 Å². The molecule has 2 aromatic carbocycles. The number of hydrogen-bond acceptors (Lipinski definition) is 4. The lowest BCUT2D eigenvalue weighted by atomic mass is 10.1. The van der Waals surface area contributed by atoms with Gasteiger partial charge in [-0.1, -0.05) is 99.5 Å². The number of unbranched alkanes of at least 4 members (excludes halogenated alkanes) is 9. The number of hydrogen-bond donors (Lipinski definition) is 0. The second-order valence-electron chi connectivity index (χ2n) is 8.97. The maximum atomic E-state index is 12.4. The molecule has 1 aliphatic heterocycles. The van der Waals surface area contributed by atoms with Gasteiger partial charge in [-0.25, -0.2) is 4.99 Å². The number of rotatable bonds is 14. The minimum atomic E-state index is -0.260. The summed E-state index contributed by atoms with van der Waals surface area (Å²) in [5, 5.41) is 6.35. The highest BCUT2D eigenvalue weighted by Crippen LogP contribution is 2.38. The van der Waals surface area contributed by atoms with Crippen molar-refractivity contribution in [1.82, 2.24) is 0 Å². The first-order valence-electron chi connectivity index (χ1n) is 12.8. The summed E-state index contributed by atoms with van der Waals surface area (Å²) in [6.45, 7) is 2.99. The Morgan fingerprint density at radius 1 is 0.917 bits per heavy atom. The summed E-state index contributed by atoms with van der Waals surface area (Å²) in [5.41, 5.74) is 1.19. The summed E-state index contributed by atoms with van der Waals surface area (Å²) >= 11 is 18.4. The normalized spacial score (nSPS) is 13.6. The number of nitrogens with zero attached hydrogens (tertiary/aromatic N) is 3. The van der Waals surface area contributed by atoms with Gasteiger partial charge < -0.3 is 4.74 Å². The maximum absolute atomic E-state index is 12.4. The van der Waals surface area contributed by atoms with Crippen molar-refractivity contribution in [3.8, 4) is 5.75 Å². The molecule has 0 aliphatic carbocycles. The number of hydrazone groups is 1. The molecule has 8 heteroatoms. The summed E-state index contributed by atoms with van der Waals surface area (Å²) in [6, 6.07) is 10.8. The van der Waals surface area contributed by atoms with Crippen LogP contribution in [0, 0.1) is 0 Å². The number of halogens is 3. The number of amides is 1. The second kappa shape index (κ2) is 15.2. The van der Waals surface area contributed by atoms with E-state index in [1.165, 1.54) is 74.9 Å². The topological polar surface area (TPSA) is 54.3 Å². The van der Waals surface area contributed by atoms with Crippen LogP contribution >= 0.6 is 34.8 Å². The van der Waals surface area contributed by atoms with Crippen LogP contribution in [0.15, 0.2) is 46.5 Å². The Morgan fingerprint density at radius 3 is 2.11 bits per heavy atom. The zero-order chi connectivity index (χ0) is 25.8. The van der Waals surface area contributed by atoms with Gasteiger partial charge in [0, 0.05) is 11.2 Å². The molecule has 1 amide bonds. The fourth-order valence-corrected chi connectivity index (χ4v) is 4.96. The van der Waals surface area contributed by atoms with Crippen LogP contribution in [-0.4, -0.2) is 24.6 Å². The number of benzene rings is 2. The highest BCUT2D eigenvalue weighted by Gasteiger charge is 2.28. The van der Waals surface area contributed by atoms with Gasteiger partial charge in [0.1, 0.15) is 11.4 Å². The van der Waals surface area contributed by atoms with Gasteiger partial charge in [0.2, 0.25) is 0 Å². The van der Waals surface area contributed by atoms with Gasteiger partial charge in [-0.05, 0) is 48.4 Å². The van der Waals surface area contributed by atoms with Crippen LogP contribution in [-0.2, 0) is 4.79 Å².